The Kier molecular flexibility index (Phi) is 7.71. The average Bonchev–Trinajstić information content (AvgIpc) is 3.95. The van der Waals surface area contributed by atoms with E-state index in [0.717, 1.165) is 0 Å². The van der Waals surface area contributed by atoms with Crippen LogP contribution in [0.4, 0.5) is 11.4 Å². The van der Waals surface area contributed by atoms with Gasteiger partial charge < -0.3 is 9.38 Å². The minimum absolute atomic E-state index is 0.00409. The number of rotatable bonds is 1. The number of thiophene rings is 1. The van der Waals surface area contributed by atoms with Gasteiger partial charge in [-0.2, -0.15) is 0 Å². The lowest BCUT2D eigenvalue weighted by Gasteiger charge is -2.43. The second kappa shape index (κ2) is 12.6. The van der Waals surface area contributed by atoms with E-state index in [1.54, 1.807) is 0 Å². The fourth-order valence-electron chi connectivity index (χ4n) is 12.9. The van der Waals surface area contributed by atoms with Crippen molar-refractivity contribution < 1.29 is 0 Å². The Labute approximate surface area is 395 Å². The molecule has 326 valence electrons. The summed E-state index contributed by atoms with van der Waals surface area (Å²) >= 11 is 2.01. The van der Waals surface area contributed by atoms with Crippen LogP contribution >= 0.6 is 11.3 Å². The fourth-order valence-corrected chi connectivity index (χ4v) is 14.1. The van der Waals surface area contributed by atoms with E-state index in [2.05, 4.69) is 221 Å². The summed E-state index contributed by atoms with van der Waals surface area (Å²) in [7, 11) is 0. The SMILES string of the molecule is CC(C)(C)c1ccc(N2B3c4sc5ccc(C(C)(C)C)cc5c4-n4c5ccc(C(C)(C)C)cc5c5c6c(c(c3c54)-c3cc4c(cc32)-c2ccccc2C4(C)C)-c2ccccc2C6(C)C)cc1. The van der Waals surface area contributed by atoms with Crippen molar-refractivity contribution in [2.24, 2.45) is 0 Å². The summed E-state index contributed by atoms with van der Waals surface area (Å²) in [6.07, 6.45) is 0. The zero-order valence-corrected chi connectivity index (χ0v) is 41.7. The minimum atomic E-state index is -0.240. The molecule has 0 unspecified atom stereocenters. The average molecular weight is 875 g/mol. The predicted molar refractivity (Wildman–Crippen MR) is 286 cm³/mol. The van der Waals surface area contributed by atoms with Crippen molar-refractivity contribution in [3.05, 3.63) is 160 Å². The van der Waals surface area contributed by atoms with Crippen LogP contribution in [0, 0.1) is 0 Å². The molecule has 2 nitrogen and oxygen atoms in total. The molecule has 4 heteroatoms. The molecule has 2 aliphatic heterocycles. The zero-order chi connectivity index (χ0) is 45.9. The maximum Gasteiger partial charge on any atom is 0.343 e. The van der Waals surface area contributed by atoms with Crippen molar-refractivity contribution >= 4 is 71.7 Å². The summed E-state index contributed by atoms with van der Waals surface area (Å²) in [5.74, 6) is 0. The predicted octanol–water partition coefficient (Wildman–Crippen LogP) is 15.7. The first kappa shape index (κ1) is 40.4. The Morgan fingerprint density at radius 2 is 1.11 bits per heavy atom. The third kappa shape index (κ3) is 5.04. The highest BCUT2D eigenvalue weighted by Crippen LogP contribution is 2.61. The number of anilines is 2. The van der Waals surface area contributed by atoms with Crippen LogP contribution in [-0.4, -0.2) is 11.4 Å². The Balaban J connectivity index is 1.29. The van der Waals surface area contributed by atoms with Gasteiger partial charge in [0.25, 0.3) is 0 Å². The summed E-state index contributed by atoms with van der Waals surface area (Å²) in [5, 5.41) is 4.15. The molecule has 0 amide bonds. The number of hydrogen-bond donors (Lipinski definition) is 0. The van der Waals surface area contributed by atoms with E-state index in [0.29, 0.717) is 0 Å². The molecular weight excluding hydrogens is 816 g/mol. The smallest absolute Gasteiger partial charge is 0.343 e. The summed E-state index contributed by atoms with van der Waals surface area (Å²) in [4.78, 5) is 2.77. The van der Waals surface area contributed by atoms with Gasteiger partial charge in [0.2, 0.25) is 0 Å². The van der Waals surface area contributed by atoms with E-state index in [4.69, 9.17) is 0 Å². The highest BCUT2D eigenvalue weighted by atomic mass is 32.1. The maximum atomic E-state index is 2.77. The summed E-state index contributed by atoms with van der Waals surface area (Å²) < 4.78 is 5.52. The van der Waals surface area contributed by atoms with Crippen LogP contribution in [0.3, 0.4) is 0 Å². The molecule has 0 atom stereocenters. The van der Waals surface area contributed by atoms with Gasteiger partial charge in [0, 0.05) is 53.4 Å². The number of nitrogens with zero attached hydrogens (tertiary/aromatic N) is 2. The zero-order valence-electron chi connectivity index (χ0n) is 40.9. The molecule has 0 saturated carbocycles. The molecule has 4 heterocycles. The van der Waals surface area contributed by atoms with Crippen molar-refractivity contribution in [2.45, 2.75) is 117 Å². The molecule has 66 heavy (non-hydrogen) atoms. The second-order valence-electron chi connectivity index (χ2n) is 24.2. The largest absolute Gasteiger partial charge is 0.376 e. The number of fused-ring (bicyclic) bond motifs is 18. The van der Waals surface area contributed by atoms with Crippen LogP contribution in [0.25, 0.3) is 71.0 Å². The van der Waals surface area contributed by atoms with Gasteiger partial charge in [-0.1, -0.05) is 163 Å². The molecule has 0 bridgehead atoms. The lowest BCUT2D eigenvalue weighted by Crippen LogP contribution is -2.59. The van der Waals surface area contributed by atoms with Gasteiger partial charge in [-0.25, -0.2) is 0 Å². The van der Waals surface area contributed by atoms with Crippen molar-refractivity contribution in [3.63, 3.8) is 0 Å². The van der Waals surface area contributed by atoms with Gasteiger partial charge in [-0.05, 0) is 137 Å². The van der Waals surface area contributed by atoms with Gasteiger partial charge in [-0.15, -0.1) is 11.3 Å². The van der Waals surface area contributed by atoms with Crippen LogP contribution in [0.1, 0.15) is 129 Å². The molecule has 4 aliphatic rings. The van der Waals surface area contributed by atoms with Gasteiger partial charge in [0.15, 0.2) is 0 Å². The van der Waals surface area contributed by atoms with E-state index in [-0.39, 0.29) is 33.9 Å². The van der Waals surface area contributed by atoms with E-state index in [1.807, 2.05) is 11.3 Å². The molecule has 2 aliphatic carbocycles. The third-order valence-electron chi connectivity index (χ3n) is 16.4. The molecule has 7 aromatic carbocycles. The van der Waals surface area contributed by atoms with Gasteiger partial charge in [-0.3, -0.25) is 0 Å². The van der Waals surface area contributed by atoms with Crippen LogP contribution in [0.2, 0.25) is 0 Å². The Morgan fingerprint density at radius 3 is 1.77 bits per heavy atom. The number of aromatic nitrogens is 1. The minimum Gasteiger partial charge on any atom is -0.376 e. The highest BCUT2D eigenvalue weighted by molar-refractivity contribution is 7.32. The lowest BCUT2D eigenvalue weighted by molar-refractivity contribution is 0.590. The van der Waals surface area contributed by atoms with Gasteiger partial charge in [0.1, 0.15) is 0 Å². The fraction of sp³-hybridized carbons (Fsp3) is 0.290. The van der Waals surface area contributed by atoms with Crippen molar-refractivity contribution in [1.29, 1.82) is 0 Å². The molecule has 0 spiro atoms. The summed E-state index contributed by atoms with van der Waals surface area (Å²) in [6.45, 7) is 31.0. The van der Waals surface area contributed by atoms with Crippen molar-refractivity contribution in [2.75, 3.05) is 4.81 Å². The second-order valence-corrected chi connectivity index (χ2v) is 25.3. The van der Waals surface area contributed by atoms with Crippen LogP contribution < -0.4 is 15.1 Å². The number of hydrogen-bond acceptors (Lipinski definition) is 2. The topological polar surface area (TPSA) is 8.17 Å². The van der Waals surface area contributed by atoms with Crippen molar-refractivity contribution in [3.8, 4) is 39.1 Å². The number of benzene rings is 7. The molecule has 0 fully saturated rings. The highest BCUT2D eigenvalue weighted by Gasteiger charge is 2.52. The quantitative estimate of drug-likeness (QED) is 0.149. The Bertz CT molecular complexity index is 3640. The van der Waals surface area contributed by atoms with E-state index in [1.165, 1.54) is 132 Å². The summed E-state index contributed by atoms with van der Waals surface area (Å²) in [6, 6.07) is 48.2. The summed E-state index contributed by atoms with van der Waals surface area (Å²) in [5.41, 5.74) is 25.8. The molecule has 0 saturated heterocycles. The van der Waals surface area contributed by atoms with E-state index < -0.39 is 0 Å². The van der Waals surface area contributed by atoms with Crippen LogP contribution in [0.5, 0.6) is 0 Å². The molecule has 13 rings (SSSR count). The molecule has 9 aromatic rings. The molecule has 0 radical (unpaired) electrons. The molecular formula is C62H59BN2S. The molecule has 0 N–H and O–H groups in total. The Hall–Kier alpha value is -5.84. The van der Waals surface area contributed by atoms with E-state index >= 15 is 0 Å². The Morgan fingerprint density at radius 1 is 0.515 bits per heavy atom. The van der Waals surface area contributed by atoms with E-state index in [9.17, 15) is 0 Å². The third-order valence-corrected chi connectivity index (χ3v) is 17.6. The first-order chi connectivity index (χ1) is 31.2. The van der Waals surface area contributed by atoms with Crippen LogP contribution in [-0.2, 0) is 27.1 Å². The van der Waals surface area contributed by atoms with Crippen molar-refractivity contribution in [1.82, 2.24) is 4.57 Å². The molecule has 2 aromatic heterocycles. The lowest BCUT2D eigenvalue weighted by atomic mass is 9.46. The monoisotopic (exact) mass is 874 g/mol. The van der Waals surface area contributed by atoms with Gasteiger partial charge >= 0.3 is 6.85 Å². The first-order valence-electron chi connectivity index (χ1n) is 24.2. The van der Waals surface area contributed by atoms with Crippen LogP contribution in [0.15, 0.2) is 121 Å². The first-order valence-corrected chi connectivity index (χ1v) is 25.0. The normalized spacial score (nSPS) is 16.1. The standard InChI is InChI=1S/C62H59BN2S/c1-58(2,3)34-22-26-37(27-23-34)65-48-33-40-38-18-14-16-20-44(38)61(10,11)46(40)32-42(48)51-50-39-19-15-17-21-45(39)62(12,13)53(50)52-41-30-35(59(4,5)6)24-28-47(41)64-55-43-31-36(60(7,8)9)25-29-49(43)66-57(55)63(65)54(51)56(52)64/h14-33H,1-13H3. The maximum absolute atomic E-state index is 2.77. The van der Waals surface area contributed by atoms with Gasteiger partial charge in [0.05, 0.1) is 16.7 Å².